The fourth-order valence-corrected chi connectivity index (χ4v) is 2.89. The Kier molecular flexibility index (Phi) is 1.67. The van der Waals surface area contributed by atoms with Crippen LogP contribution in [0.1, 0.15) is 33.1 Å². The van der Waals surface area contributed by atoms with Gasteiger partial charge in [0.15, 0.2) is 0 Å². The summed E-state index contributed by atoms with van der Waals surface area (Å²) in [6.45, 7) is 5.55. The molecule has 1 spiro atoms. The van der Waals surface area contributed by atoms with Crippen molar-refractivity contribution in [1.82, 2.24) is 5.32 Å². The Morgan fingerprint density at radius 1 is 1.33 bits per heavy atom. The van der Waals surface area contributed by atoms with E-state index in [0.29, 0.717) is 5.41 Å². The van der Waals surface area contributed by atoms with E-state index < -0.39 is 0 Å². The predicted molar refractivity (Wildman–Crippen MR) is 47.6 cm³/mol. The first-order chi connectivity index (χ1) is 5.61. The average Bonchev–Trinajstić information content (AvgIpc) is 2.42. The molecule has 0 aromatic rings. The molecule has 2 atom stereocenters. The van der Waals surface area contributed by atoms with Gasteiger partial charge in [0.05, 0.1) is 0 Å². The summed E-state index contributed by atoms with van der Waals surface area (Å²) in [7, 11) is 0. The lowest BCUT2D eigenvalue weighted by Crippen LogP contribution is -2.20. The van der Waals surface area contributed by atoms with Gasteiger partial charge in [-0.2, -0.15) is 0 Å². The maximum atomic E-state index is 11.1. The lowest BCUT2D eigenvalue weighted by molar-refractivity contribution is -0.119. The molecule has 0 aromatic carbocycles. The lowest BCUT2D eigenvalue weighted by atomic mass is 9.84. The number of rotatable bonds is 0. The van der Waals surface area contributed by atoms with Crippen molar-refractivity contribution in [3.8, 4) is 0 Å². The van der Waals surface area contributed by atoms with Crippen LogP contribution in [0.3, 0.4) is 0 Å². The zero-order valence-electron chi connectivity index (χ0n) is 7.89. The van der Waals surface area contributed by atoms with E-state index in [9.17, 15) is 4.79 Å². The zero-order valence-corrected chi connectivity index (χ0v) is 7.89. The minimum Gasteiger partial charge on any atom is -0.356 e. The van der Waals surface area contributed by atoms with E-state index in [2.05, 4.69) is 19.2 Å². The van der Waals surface area contributed by atoms with Gasteiger partial charge in [-0.25, -0.2) is 0 Å². The van der Waals surface area contributed by atoms with Crippen LogP contribution in [-0.4, -0.2) is 12.5 Å². The normalized spacial score (nSPS) is 47.0. The van der Waals surface area contributed by atoms with Crippen LogP contribution < -0.4 is 5.32 Å². The molecule has 2 rings (SSSR count). The minimum atomic E-state index is 0.260. The van der Waals surface area contributed by atoms with Gasteiger partial charge in [-0.1, -0.05) is 13.8 Å². The molecule has 2 unspecified atom stereocenters. The van der Waals surface area contributed by atoms with Crippen molar-refractivity contribution in [2.75, 3.05) is 6.54 Å². The Morgan fingerprint density at radius 3 is 2.33 bits per heavy atom. The van der Waals surface area contributed by atoms with Gasteiger partial charge in [-0.05, 0) is 30.1 Å². The fourth-order valence-electron chi connectivity index (χ4n) is 2.89. The standard InChI is InChI=1S/C10H17NO/c1-7-3-10(4-8(7)2)5-9(12)11-6-10/h7-8H,3-6H2,1-2H3,(H,11,12). The highest BCUT2D eigenvalue weighted by molar-refractivity contribution is 5.79. The van der Waals surface area contributed by atoms with Crippen LogP contribution in [0.5, 0.6) is 0 Å². The number of carbonyl (C=O) groups is 1. The molecule has 1 saturated heterocycles. The lowest BCUT2D eigenvalue weighted by Gasteiger charge is -2.19. The van der Waals surface area contributed by atoms with Gasteiger partial charge in [-0.3, -0.25) is 4.79 Å². The van der Waals surface area contributed by atoms with Crippen molar-refractivity contribution in [3.05, 3.63) is 0 Å². The van der Waals surface area contributed by atoms with Crippen LogP contribution in [0, 0.1) is 17.3 Å². The summed E-state index contributed by atoms with van der Waals surface area (Å²) in [5.41, 5.74) is 0.343. The molecule has 0 aromatic heterocycles. The highest BCUT2D eigenvalue weighted by Crippen LogP contribution is 2.48. The van der Waals surface area contributed by atoms with Gasteiger partial charge in [0, 0.05) is 13.0 Å². The van der Waals surface area contributed by atoms with Crippen molar-refractivity contribution < 1.29 is 4.79 Å². The SMILES string of the molecule is CC1CC2(CNC(=O)C2)CC1C. The molecule has 12 heavy (non-hydrogen) atoms. The molecular formula is C10H17NO. The number of amides is 1. The Balaban J connectivity index is 2.10. The molecule has 68 valence electrons. The molecule has 1 N–H and O–H groups in total. The maximum Gasteiger partial charge on any atom is 0.220 e. The number of hydrogen-bond donors (Lipinski definition) is 1. The molecule has 2 fully saturated rings. The highest BCUT2D eigenvalue weighted by Gasteiger charge is 2.46. The fraction of sp³-hybridized carbons (Fsp3) is 0.900. The highest BCUT2D eigenvalue weighted by atomic mass is 16.1. The summed E-state index contributed by atoms with van der Waals surface area (Å²) in [5.74, 6) is 1.87. The molecular weight excluding hydrogens is 150 g/mol. The van der Waals surface area contributed by atoms with Crippen LogP contribution in [0.2, 0.25) is 0 Å². The van der Waals surface area contributed by atoms with Gasteiger partial charge >= 0.3 is 0 Å². The molecule has 1 saturated carbocycles. The Morgan fingerprint density at radius 2 is 1.92 bits per heavy atom. The van der Waals surface area contributed by atoms with Crippen molar-refractivity contribution in [2.24, 2.45) is 17.3 Å². The van der Waals surface area contributed by atoms with Crippen LogP contribution >= 0.6 is 0 Å². The van der Waals surface area contributed by atoms with E-state index in [1.54, 1.807) is 0 Å². The largest absolute Gasteiger partial charge is 0.356 e. The Bertz CT molecular complexity index is 202. The van der Waals surface area contributed by atoms with Crippen molar-refractivity contribution >= 4 is 5.91 Å². The first-order valence-electron chi connectivity index (χ1n) is 4.88. The molecule has 2 aliphatic rings. The van der Waals surface area contributed by atoms with E-state index >= 15 is 0 Å². The van der Waals surface area contributed by atoms with E-state index in [0.717, 1.165) is 24.8 Å². The summed E-state index contributed by atoms with van der Waals surface area (Å²) in [6, 6.07) is 0. The van der Waals surface area contributed by atoms with E-state index in [-0.39, 0.29) is 5.91 Å². The summed E-state index contributed by atoms with van der Waals surface area (Å²) < 4.78 is 0. The van der Waals surface area contributed by atoms with E-state index in [4.69, 9.17) is 0 Å². The molecule has 2 nitrogen and oxygen atoms in total. The van der Waals surface area contributed by atoms with Crippen molar-refractivity contribution in [3.63, 3.8) is 0 Å². The number of carbonyl (C=O) groups excluding carboxylic acids is 1. The van der Waals surface area contributed by atoms with Gasteiger partial charge < -0.3 is 5.32 Å². The van der Waals surface area contributed by atoms with E-state index in [1.807, 2.05) is 0 Å². The smallest absolute Gasteiger partial charge is 0.220 e. The van der Waals surface area contributed by atoms with Gasteiger partial charge in [0.1, 0.15) is 0 Å². The Hall–Kier alpha value is -0.530. The van der Waals surface area contributed by atoms with Crippen LogP contribution in [0.15, 0.2) is 0 Å². The second kappa shape index (κ2) is 2.48. The number of hydrogen-bond acceptors (Lipinski definition) is 1. The predicted octanol–water partition coefficient (Wildman–Crippen LogP) is 1.56. The molecule has 1 amide bonds. The first-order valence-corrected chi connectivity index (χ1v) is 4.88. The molecule has 1 aliphatic heterocycles. The van der Waals surface area contributed by atoms with Crippen molar-refractivity contribution in [2.45, 2.75) is 33.1 Å². The summed E-state index contributed by atoms with van der Waals surface area (Å²) in [6.07, 6.45) is 3.27. The first kappa shape index (κ1) is 8.09. The molecule has 1 heterocycles. The molecule has 1 aliphatic carbocycles. The minimum absolute atomic E-state index is 0.260. The van der Waals surface area contributed by atoms with Gasteiger partial charge in [0.2, 0.25) is 5.91 Å². The zero-order chi connectivity index (χ0) is 8.77. The Labute approximate surface area is 73.7 Å². The molecule has 0 radical (unpaired) electrons. The summed E-state index contributed by atoms with van der Waals surface area (Å²) >= 11 is 0. The monoisotopic (exact) mass is 167 g/mol. The third-order valence-electron chi connectivity index (χ3n) is 3.68. The molecule has 0 bridgehead atoms. The second-order valence-corrected chi connectivity index (χ2v) is 4.82. The molecule has 2 heteroatoms. The average molecular weight is 167 g/mol. The summed E-state index contributed by atoms with van der Waals surface area (Å²) in [5, 5.41) is 2.95. The van der Waals surface area contributed by atoms with E-state index in [1.165, 1.54) is 12.8 Å². The quantitative estimate of drug-likeness (QED) is 0.583. The number of nitrogens with one attached hydrogen (secondary N) is 1. The summed E-state index contributed by atoms with van der Waals surface area (Å²) in [4.78, 5) is 11.1. The topological polar surface area (TPSA) is 29.1 Å². The van der Waals surface area contributed by atoms with Gasteiger partial charge in [0.25, 0.3) is 0 Å². The van der Waals surface area contributed by atoms with Gasteiger partial charge in [-0.15, -0.1) is 0 Å². The third-order valence-corrected chi connectivity index (χ3v) is 3.68. The third kappa shape index (κ3) is 1.13. The maximum absolute atomic E-state index is 11.1. The van der Waals surface area contributed by atoms with Crippen LogP contribution in [0.4, 0.5) is 0 Å². The van der Waals surface area contributed by atoms with Crippen LogP contribution in [-0.2, 0) is 4.79 Å². The van der Waals surface area contributed by atoms with Crippen molar-refractivity contribution in [1.29, 1.82) is 0 Å². The second-order valence-electron chi connectivity index (χ2n) is 4.82. The van der Waals surface area contributed by atoms with Crippen LogP contribution in [0.25, 0.3) is 0 Å².